The molecule has 2 unspecified atom stereocenters. The zero-order valence-corrected chi connectivity index (χ0v) is 11.6. The molecule has 0 aliphatic carbocycles. The van der Waals surface area contributed by atoms with Crippen molar-refractivity contribution >= 4 is 11.8 Å². The maximum absolute atomic E-state index is 13.6. The summed E-state index contributed by atoms with van der Waals surface area (Å²) in [6.07, 6.45) is 0. The smallest absolute Gasteiger partial charge is 0.139 e. The fraction of sp³-hybridized carbons (Fsp3) is 0.200. The van der Waals surface area contributed by atoms with Crippen molar-refractivity contribution in [1.82, 2.24) is 0 Å². The van der Waals surface area contributed by atoms with Gasteiger partial charge in [0, 0.05) is 22.3 Å². The quantitative estimate of drug-likeness (QED) is 0.852. The second-order valence-corrected chi connectivity index (χ2v) is 5.89. The molecule has 2 aromatic carbocycles. The van der Waals surface area contributed by atoms with Gasteiger partial charge in [-0.15, -0.1) is 11.8 Å². The molecule has 0 radical (unpaired) electrons. The Hall–Kier alpha value is -1.46. The van der Waals surface area contributed by atoms with Gasteiger partial charge in [-0.3, -0.25) is 0 Å². The second-order valence-electron chi connectivity index (χ2n) is 4.48. The zero-order valence-electron chi connectivity index (χ0n) is 10.8. The third-order valence-electron chi connectivity index (χ3n) is 2.97. The highest BCUT2D eigenvalue weighted by Crippen LogP contribution is 2.32. The molecule has 0 aromatic heterocycles. The summed E-state index contributed by atoms with van der Waals surface area (Å²) in [6, 6.07) is 8.97. The van der Waals surface area contributed by atoms with Gasteiger partial charge in [0.25, 0.3) is 0 Å². The Morgan fingerprint density at radius 2 is 1.55 bits per heavy atom. The molecule has 0 saturated carbocycles. The van der Waals surface area contributed by atoms with Crippen molar-refractivity contribution in [1.29, 1.82) is 0 Å². The van der Waals surface area contributed by atoms with E-state index in [4.69, 9.17) is 5.73 Å². The van der Waals surface area contributed by atoms with E-state index in [1.165, 1.54) is 36.0 Å². The Kier molecular flexibility index (Phi) is 4.73. The molecular formula is C15H14F3NS. The molecular weight excluding hydrogens is 283 g/mol. The van der Waals surface area contributed by atoms with E-state index in [0.717, 1.165) is 11.6 Å². The van der Waals surface area contributed by atoms with Crippen LogP contribution in [0.5, 0.6) is 0 Å². The molecule has 0 aliphatic heterocycles. The highest BCUT2D eigenvalue weighted by molar-refractivity contribution is 8.00. The summed E-state index contributed by atoms with van der Waals surface area (Å²) in [6.45, 7) is 1.85. The Morgan fingerprint density at radius 1 is 0.950 bits per heavy atom. The SMILES string of the molecule is CC(Sc1ccc(F)cc1F)C(N)c1ccc(F)cc1. The van der Waals surface area contributed by atoms with Crippen LogP contribution in [0.25, 0.3) is 0 Å². The van der Waals surface area contributed by atoms with Crippen LogP contribution in [0.1, 0.15) is 18.5 Å². The highest BCUT2D eigenvalue weighted by Gasteiger charge is 2.18. The second kappa shape index (κ2) is 6.33. The van der Waals surface area contributed by atoms with Crippen molar-refractivity contribution in [2.75, 3.05) is 0 Å². The van der Waals surface area contributed by atoms with Crippen LogP contribution < -0.4 is 5.73 Å². The summed E-state index contributed by atoms with van der Waals surface area (Å²) in [5.74, 6) is -1.54. The lowest BCUT2D eigenvalue weighted by molar-refractivity contribution is 0.565. The Balaban J connectivity index is 2.11. The molecule has 0 heterocycles. The predicted molar refractivity (Wildman–Crippen MR) is 75.0 cm³/mol. The van der Waals surface area contributed by atoms with Gasteiger partial charge < -0.3 is 5.73 Å². The van der Waals surface area contributed by atoms with Crippen molar-refractivity contribution < 1.29 is 13.2 Å². The molecule has 106 valence electrons. The lowest BCUT2D eigenvalue weighted by Crippen LogP contribution is -2.21. The summed E-state index contributed by atoms with van der Waals surface area (Å²) in [4.78, 5) is 0.344. The number of thioether (sulfide) groups is 1. The van der Waals surface area contributed by atoms with E-state index < -0.39 is 11.6 Å². The molecule has 2 aromatic rings. The van der Waals surface area contributed by atoms with Crippen LogP contribution in [0.15, 0.2) is 47.4 Å². The Morgan fingerprint density at radius 3 is 2.15 bits per heavy atom. The lowest BCUT2D eigenvalue weighted by atomic mass is 10.1. The van der Waals surface area contributed by atoms with E-state index in [9.17, 15) is 13.2 Å². The van der Waals surface area contributed by atoms with Crippen LogP contribution in [0.4, 0.5) is 13.2 Å². The minimum absolute atomic E-state index is 0.138. The Bertz CT molecular complexity index is 586. The van der Waals surface area contributed by atoms with Crippen LogP contribution in [0, 0.1) is 17.5 Å². The summed E-state index contributed by atoms with van der Waals surface area (Å²) in [5.41, 5.74) is 6.85. The molecule has 0 spiro atoms. The zero-order chi connectivity index (χ0) is 14.7. The third-order valence-corrected chi connectivity index (χ3v) is 4.22. The van der Waals surface area contributed by atoms with Crippen LogP contribution in [-0.2, 0) is 0 Å². The molecule has 5 heteroatoms. The number of hydrogen-bond donors (Lipinski definition) is 1. The molecule has 0 saturated heterocycles. The van der Waals surface area contributed by atoms with Crippen molar-refractivity contribution in [2.24, 2.45) is 5.73 Å². The van der Waals surface area contributed by atoms with Crippen LogP contribution in [0.3, 0.4) is 0 Å². The van der Waals surface area contributed by atoms with E-state index in [-0.39, 0.29) is 17.1 Å². The number of hydrogen-bond acceptors (Lipinski definition) is 2. The van der Waals surface area contributed by atoms with Crippen molar-refractivity contribution in [2.45, 2.75) is 23.1 Å². The monoisotopic (exact) mass is 297 g/mol. The summed E-state index contributed by atoms with van der Waals surface area (Å²) in [5, 5.41) is -0.138. The van der Waals surface area contributed by atoms with E-state index in [2.05, 4.69) is 0 Å². The third kappa shape index (κ3) is 3.55. The summed E-state index contributed by atoms with van der Waals surface area (Å²) >= 11 is 1.23. The highest BCUT2D eigenvalue weighted by atomic mass is 32.2. The normalized spacial score (nSPS) is 14.1. The predicted octanol–water partition coefficient (Wildman–Crippen LogP) is 4.28. The molecule has 1 nitrogen and oxygen atoms in total. The van der Waals surface area contributed by atoms with E-state index in [1.807, 2.05) is 6.92 Å². The summed E-state index contributed by atoms with van der Waals surface area (Å²) in [7, 11) is 0. The molecule has 0 aliphatic rings. The molecule has 2 rings (SSSR count). The molecule has 2 N–H and O–H groups in total. The van der Waals surface area contributed by atoms with E-state index in [1.54, 1.807) is 12.1 Å². The standard InChI is InChI=1S/C15H14F3NS/c1-9(15(19)10-2-4-11(16)5-3-10)20-14-7-6-12(17)8-13(14)18/h2-9,15H,19H2,1H3. The van der Waals surface area contributed by atoms with Gasteiger partial charge in [0.2, 0.25) is 0 Å². The van der Waals surface area contributed by atoms with Crippen molar-refractivity contribution in [3.05, 3.63) is 65.5 Å². The molecule has 0 bridgehead atoms. The van der Waals surface area contributed by atoms with Crippen molar-refractivity contribution in [3.8, 4) is 0 Å². The average Bonchev–Trinajstić information content (AvgIpc) is 2.42. The topological polar surface area (TPSA) is 26.0 Å². The maximum Gasteiger partial charge on any atom is 0.139 e. The minimum atomic E-state index is -0.609. The van der Waals surface area contributed by atoms with E-state index in [0.29, 0.717) is 4.90 Å². The largest absolute Gasteiger partial charge is 0.323 e. The molecule has 0 amide bonds. The first kappa shape index (κ1) is 14.9. The van der Waals surface area contributed by atoms with Gasteiger partial charge in [-0.1, -0.05) is 19.1 Å². The fourth-order valence-corrected chi connectivity index (χ4v) is 2.82. The average molecular weight is 297 g/mol. The van der Waals surface area contributed by atoms with Gasteiger partial charge in [0.05, 0.1) is 0 Å². The first-order valence-corrected chi connectivity index (χ1v) is 6.98. The van der Waals surface area contributed by atoms with Crippen LogP contribution in [0.2, 0.25) is 0 Å². The van der Waals surface area contributed by atoms with Gasteiger partial charge in [0.1, 0.15) is 17.5 Å². The molecule has 2 atom stereocenters. The van der Waals surface area contributed by atoms with Crippen LogP contribution >= 0.6 is 11.8 Å². The number of rotatable bonds is 4. The lowest BCUT2D eigenvalue weighted by Gasteiger charge is -2.20. The van der Waals surface area contributed by atoms with Gasteiger partial charge in [-0.2, -0.15) is 0 Å². The van der Waals surface area contributed by atoms with Gasteiger partial charge in [0.15, 0.2) is 0 Å². The van der Waals surface area contributed by atoms with Gasteiger partial charge in [-0.05, 0) is 29.8 Å². The minimum Gasteiger partial charge on any atom is -0.323 e. The van der Waals surface area contributed by atoms with Gasteiger partial charge >= 0.3 is 0 Å². The Labute approximate surface area is 120 Å². The molecule has 0 fully saturated rings. The number of nitrogens with two attached hydrogens (primary N) is 1. The van der Waals surface area contributed by atoms with Crippen LogP contribution in [-0.4, -0.2) is 5.25 Å². The van der Waals surface area contributed by atoms with Gasteiger partial charge in [-0.25, -0.2) is 13.2 Å². The fourth-order valence-electron chi connectivity index (χ4n) is 1.80. The number of benzene rings is 2. The molecule has 20 heavy (non-hydrogen) atoms. The number of halogens is 3. The summed E-state index contributed by atoms with van der Waals surface area (Å²) < 4.78 is 39.3. The van der Waals surface area contributed by atoms with Crippen molar-refractivity contribution in [3.63, 3.8) is 0 Å². The maximum atomic E-state index is 13.6. The first-order chi connectivity index (χ1) is 9.47. The van der Waals surface area contributed by atoms with E-state index >= 15 is 0 Å². The first-order valence-electron chi connectivity index (χ1n) is 6.10.